The van der Waals surface area contributed by atoms with Crippen molar-refractivity contribution < 1.29 is 17.9 Å². The lowest BCUT2D eigenvalue weighted by molar-refractivity contribution is 0.102. The molecule has 146 valence electrons. The second kappa shape index (κ2) is 9.53. The van der Waals surface area contributed by atoms with Crippen molar-refractivity contribution in [2.45, 2.75) is 31.6 Å². The highest BCUT2D eigenvalue weighted by Crippen LogP contribution is 2.25. The molecule has 0 spiro atoms. The quantitative estimate of drug-likeness (QED) is 0.707. The van der Waals surface area contributed by atoms with Crippen LogP contribution in [0.1, 0.15) is 37.0 Å². The van der Waals surface area contributed by atoms with Gasteiger partial charge in [-0.3, -0.25) is 4.79 Å². The highest BCUT2D eigenvalue weighted by Gasteiger charge is 2.21. The molecule has 0 aliphatic heterocycles. The highest BCUT2D eigenvalue weighted by atomic mass is 32.2. The smallest absolute Gasteiger partial charge is 0.255 e. The molecule has 0 bridgehead atoms. The summed E-state index contributed by atoms with van der Waals surface area (Å²) in [7, 11) is -2.08. The minimum atomic E-state index is -3.63. The van der Waals surface area contributed by atoms with Gasteiger partial charge in [-0.05, 0) is 43.7 Å². The lowest BCUT2D eigenvalue weighted by Gasteiger charge is -2.17. The second-order valence-corrected chi connectivity index (χ2v) is 8.14. The van der Waals surface area contributed by atoms with Crippen molar-refractivity contribution in [1.82, 2.24) is 4.31 Å². The van der Waals surface area contributed by atoms with Crippen LogP contribution in [0.15, 0.2) is 53.4 Å². The van der Waals surface area contributed by atoms with Crippen LogP contribution in [0.4, 0.5) is 5.69 Å². The van der Waals surface area contributed by atoms with Crippen molar-refractivity contribution in [1.29, 1.82) is 0 Å². The summed E-state index contributed by atoms with van der Waals surface area (Å²) in [5.74, 6) is 0.173. The van der Waals surface area contributed by atoms with E-state index in [-0.39, 0.29) is 10.5 Å². The Labute approximate surface area is 161 Å². The van der Waals surface area contributed by atoms with Crippen LogP contribution in [0.3, 0.4) is 0 Å². The number of unbranched alkanes of at least 4 members (excludes halogenated alkanes) is 1. The maximum Gasteiger partial charge on any atom is 0.255 e. The van der Waals surface area contributed by atoms with Crippen molar-refractivity contribution in [3.8, 4) is 5.75 Å². The van der Waals surface area contributed by atoms with Crippen LogP contribution in [0.5, 0.6) is 5.75 Å². The summed E-state index contributed by atoms with van der Waals surface area (Å²) in [6, 6.07) is 13.2. The standard InChI is InChI=1S/C20H26N2O4S/c1-4-6-14-22(3)27(24,25)17-11-9-10-16(15-17)20(23)21-18-12-7-8-13-19(18)26-5-2/h7-13,15H,4-6,14H2,1-3H3,(H,21,23). The summed E-state index contributed by atoms with van der Waals surface area (Å²) < 4.78 is 32.2. The van der Waals surface area contributed by atoms with E-state index in [0.29, 0.717) is 24.6 Å². The Hall–Kier alpha value is -2.38. The topological polar surface area (TPSA) is 75.7 Å². The minimum absolute atomic E-state index is 0.104. The molecule has 0 aliphatic rings. The van der Waals surface area contributed by atoms with Crippen LogP contribution < -0.4 is 10.1 Å². The Kier molecular flexibility index (Phi) is 7.38. The van der Waals surface area contributed by atoms with Gasteiger partial charge >= 0.3 is 0 Å². The van der Waals surface area contributed by atoms with Crippen molar-refractivity contribution in [3.63, 3.8) is 0 Å². The number of carbonyl (C=O) groups excluding carboxylic acids is 1. The molecule has 6 nitrogen and oxygen atoms in total. The summed E-state index contributed by atoms with van der Waals surface area (Å²) in [6.45, 7) is 4.79. The number of benzene rings is 2. The number of anilines is 1. The molecule has 0 atom stereocenters. The molecule has 2 rings (SSSR count). The largest absolute Gasteiger partial charge is 0.492 e. The molecule has 2 aromatic carbocycles. The Bertz CT molecular complexity index is 881. The predicted octanol–water partition coefficient (Wildman–Crippen LogP) is 3.76. The van der Waals surface area contributed by atoms with Gasteiger partial charge in [-0.2, -0.15) is 0 Å². The first-order valence-corrected chi connectivity index (χ1v) is 10.4. The van der Waals surface area contributed by atoms with Crippen LogP contribution in [0.2, 0.25) is 0 Å². The maximum atomic E-state index is 12.7. The molecule has 0 unspecified atom stereocenters. The number of ether oxygens (including phenoxy) is 1. The molecular formula is C20H26N2O4S. The average molecular weight is 391 g/mol. The zero-order chi connectivity index (χ0) is 19.9. The lowest BCUT2D eigenvalue weighted by Crippen LogP contribution is -2.28. The minimum Gasteiger partial charge on any atom is -0.492 e. The molecule has 0 fully saturated rings. The van der Waals surface area contributed by atoms with Gasteiger partial charge in [0.1, 0.15) is 5.75 Å². The van der Waals surface area contributed by atoms with Gasteiger partial charge in [0.15, 0.2) is 0 Å². The van der Waals surface area contributed by atoms with E-state index >= 15 is 0 Å². The van der Waals surface area contributed by atoms with Crippen LogP contribution >= 0.6 is 0 Å². The number of amides is 1. The molecule has 0 radical (unpaired) electrons. The van der Waals surface area contributed by atoms with E-state index in [1.165, 1.54) is 16.4 Å². The zero-order valence-corrected chi connectivity index (χ0v) is 16.8. The third-order valence-electron chi connectivity index (χ3n) is 4.07. The normalized spacial score (nSPS) is 11.4. The van der Waals surface area contributed by atoms with Gasteiger partial charge in [-0.1, -0.05) is 31.5 Å². The molecular weight excluding hydrogens is 364 g/mol. The molecule has 0 heterocycles. The highest BCUT2D eigenvalue weighted by molar-refractivity contribution is 7.89. The molecule has 0 saturated carbocycles. The van der Waals surface area contributed by atoms with Gasteiger partial charge in [-0.15, -0.1) is 0 Å². The summed E-state index contributed by atoms with van der Waals surface area (Å²) in [5.41, 5.74) is 0.809. The van der Waals surface area contributed by atoms with Gasteiger partial charge in [0, 0.05) is 19.2 Å². The van der Waals surface area contributed by atoms with E-state index in [0.717, 1.165) is 12.8 Å². The Morgan fingerprint density at radius 1 is 1.11 bits per heavy atom. The van der Waals surface area contributed by atoms with E-state index in [4.69, 9.17) is 4.74 Å². The maximum absolute atomic E-state index is 12.7. The fourth-order valence-corrected chi connectivity index (χ4v) is 3.78. The van der Waals surface area contributed by atoms with Gasteiger partial charge in [0.2, 0.25) is 10.0 Å². The Balaban J connectivity index is 2.23. The van der Waals surface area contributed by atoms with Crippen LogP contribution in [0, 0.1) is 0 Å². The summed E-state index contributed by atoms with van der Waals surface area (Å²) in [5, 5.41) is 2.78. The number of para-hydroxylation sites is 2. The average Bonchev–Trinajstić information content (AvgIpc) is 2.67. The molecule has 1 N–H and O–H groups in total. The van der Waals surface area contributed by atoms with Gasteiger partial charge in [-0.25, -0.2) is 12.7 Å². The molecule has 0 aromatic heterocycles. The van der Waals surface area contributed by atoms with Crippen molar-refractivity contribution >= 4 is 21.6 Å². The number of hydrogen-bond donors (Lipinski definition) is 1. The van der Waals surface area contributed by atoms with E-state index in [1.54, 1.807) is 37.4 Å². The summed E-state index contributed by atoms with van der Waals surface area (Å²) in [4.78, 5) is 12.7. The summed E-state index contributed by atoms with van der Waals surface area (Å²) in [6.07, 6.45) is 1.69. The van der Waals surface area contributed by atoms with Crippen molar-refractivity contribution in [3.05, 3.63) is 54.1 Å². The zero-order valence-electron chi connectivity index (χ0n) is 15.9. The molecule has 0 saturated heterocycles. The SMILES string of the molecule is CCCCN(C)S(=O)(=O)c1cccc(C(=O)Nc2ccccc2OCC)c1. The third kappa shape index (κ3) is 5.30. The second-order valence-electron chi connectivity index (χ2n) is 6.09. The van der Waals surface area contributed by atoms with Crippen LogP contribution in [-0.4, -0.2) is 38.8 Å². The van der Waals surface area contributed by atoms with Gasteiger partial charge < -0.3 is 10.1 Å². The van der Waals surface area contributed by atoms with Gasteiger partial charge in [0.05, 0.1) is 17.2 Å². The number of rotatable bonds is 9. The molecule has 2 aromatic rings. The fraction of sp³-hybridized carbons (Fsp3) is 0.350. The van der Waals surface area contributed by atoms with E-state index in [2.05, 4.69) is 5.32 Å². The number of nitrogens with zero attached hydrogens (tertiary/aromatic N) is 1. The predicted molar refractivity (Wildman–Crippen MR) is 107 cm³/mol. The van der Waals surface area contributed by atoms with Gasteiger partial charge in [0.25, 0.3) is 5.91 Å². The first kappa shape index (κ1) is 20.9. The Morgan fingerprint density at radius 2 is 1.85 bits per heavy atom. The molecule has 0 aliphatic carbocycles. The van der Waals surface area contributed by atoms with E-state index < -0.39 is 15.9 Å². The number of sulfonamides is 1. The van der Waals surface area contributed by atoms with E-state index in [1.807, 2.05) is 19.9 Å². The number of nitrogens with one attached hydrogen (secondary N) is 1. The lowest BCUT2D eigenvalue weighted by atomic mass is 10.2. The first-order chi connectivity index (χ1) is 12.9. The van der Waals surface area contributed by atoms with Crippen molar-refractivity contribution in [2.24, 2.45) is 0 Å². The first-order valence-electron chi connectivity index (χ1n) is 8.99. The number of carbonyl (C=O) groups is 1. The Morgan fingerprint density at radius 3 is 2.56 bits per heavy atom. The third-order valence-corrected chi connectivity index (χ3v) is 5.92. The summed E-state index contributed by atoms with van der Waals surface area (Å²) >= 11 is 0. The molecule has 1 amide bonds. The molecule has 27 heavy (non-hydrogen) atoms. The molecule has 7 heteroatoms. The fourth-order valence-electron chi connectivity index (χ4n) is 2.52. The van der Waals surface area contributed by atoms with E-state index in [9.17, 15) is 13.2 Å². The monoisotopic (exact) mass is 390 g/mol. The van der Waals surface area contributed by atoms with Crippen molar-refractivity contribution in [2.75, 3.05) is 25.5 Å². The van der Waals surface area contributed by atoms with Crippen LogP contribution in [-0.2, 0) is 10.0 Å². The van der Waals surface area contributed by atoms with Crippen LogP contribution in [0.25, 0.3) is 0 Å². The number of hydrogen-bond acceptors (Lipinski definition) is 4.